The molecule has 1 aliphatic rings. The van der Waals surface area contributed by atoms with E-state index in [1.165, 1.54) is 37.8 Å². The largest absolute Gasteiger partial charge is 0.478 e. The molecular weight excluding hydrogens is 250 g/mol. The van der Waals surface area contributed by atoms with Crippen LogP contribution in [0.1, 0.15) is 56.3 Å². The van der Waals surface area contributed by atoms with Crippen molar-refractivity contribution in [3.63, 3.8) is 0 Å². The van der Waals surface area contributed by atoms with Gasteiger partial charge < -0.3 is 10.0 Å². The second-order valence-electron chi connectivity index (χ2n) is 6.17. The molecule has 2 rings (SSSR count). The van der Waals surface area contributed by atoms with Crippen LogP contribution in [0.25, 0.3) is 0 Å². The van der Waals surface area contributed by atoms with Crippen molar-refractivity contribution in [2.24, 2.45) is 5.92 Å². The Balaban J connectivity index is 2.13. The zero-order chi connectivity index (χ0) is 14.5. The SMILES string of the molecule is CC(C)CCN(c1ccc(C(=O)O)cc1)C1CCCC1. The maximum absolute atomic E-state index is 10.9. The van der Waals surface area contributed by atoms with E-state index in [9.17, 15) is 4.79 Å². The molecule has 0 unspecified atom stereocenters. The van der Waals surface area contributed by atoms with E-state index in [4.69, 9.17) is 5.11 Å². The third kappa shape index (κ3) is 3.75. The molecule has 1 aliphatic carbocycles. The van der Waals surface area contributed by atoms with Crippen LogP contribution in [0.15, 0.2) is 24.3 Å². The predicted molar refractivity (Wildman–Crippen MR) is 82.5 cm³/mol. The molecule has 3 nitrogen and oxygen atoms in total. The second-order valence-corrected chi connectivity index (χ2v) is 6.17. The van der Waals surface area contributed by atoms with Gasteiger partial charge in [0.25, 0.3) is 0 Å². The molecule has 0 bridgehead atoms. The van der Waals surface area contributed by atoms with Gasteiger partial charge in [-0.15, -0.1) is 0 Å². The van der Waals surface area contributed by atoms with Gasteiger partial charge in [-0.1, -0.05) is 26.7 Å². The molecule has 0 atom stereocenters. The maximum Gasteiger partial charge on any atom is 0.335 e. The van der Waals surface area contributed by atoms with Crippen molar-refractivity contribution in [2.45, 2.75) is 52.0 Å². The number of hydrogen-bond donors (Lipinski definition) is 1. The summed E-state index contributed by atoms with van der Waals surface area (Å²) in [7, 11) is 0. The number of anilines is 1. The van der Waals surface area contributed by atoms with Gasteiger partial charge in [-0.05, 0) is 49.4 Å². The number of carbonyl (C=O) groups is 1. The summed E-state index contributed by atoms with van der Waals surface area (Å²) < 4.78 is 0. The highest BCUT2D eigenvalue weighted by Gasteiger charge is 2.23. The third-order valence-corrected chi connectivity index (χ3v) is 4.16. The zero-order valence-electron chi connectivity index (χ0n) is 12.5. The highest BCUT2D eigenvalue weighted by atomic mass is 16.4. The van der Waals surface area contributed by atoms with Gasteiger partial charge >= 0.3 is 5.97 Å². The van der Waals surface area contributed by atoms with Gasteiger partial charge in [0.05, 0.1) is 5.56 Å². The summed E-state index contributed by atoms with van der Waals surface area (Å²) in [6.45, 7) is 5.56. The standard InChI is InChI=1S/C17H25NO2/c1-13(2)11-12-18(15-5-3-4-6-15)16-9-7-14(8-10-16)17(19)20/h7-10,13,15H,3-6,11-12H2,1-2H3,(H,19,20). The molecule has 110 valence electrons. The normalized spacial score (nSPS) is 15.8. The van der Waals surface area contributed by atoms with Crippen molar-refractivity contribution in [3.8, 4) is 0 Å². The fourth-order valence-corrected chi connectivity index (χ4v) is 2.93. The minimum atomic E-state index is -0.855. The first-order valence-corrected chi connectivity index (χ1v) is 7.68. The molecule has 0 amide bonds. The van der Waals surface area contributed by atoms with Gasteiger partial charge in [0.15, 0.2) is 0 Å². The van der Waals surface area contributed by atoms with Crippen molar-refractivity contribution in [1.29, 1.82) is 0 Å². The van der Waals surface area contributed by atoms with Crippen LogP contribution in [0.2, 0.25) is 0 Å². The first-order chi connectivity index (χ1) is 9.58. The Kier molecular flexibility index (Phi) is 5.05. The molecule has 1 N–H and O–H groups in total. The zero-order valence-corrected chi connectivity index (χ0v) is 12.5. The van der Waals surface area contributed by atoms with Crippen molar-refractivity contribution in [1.82, 2.24) is 0 Å². The van der Waals surface area contributed by atoms with Crippen LogP contribution in [0.4, 0.5) is 5.69 Å². The Hall–Kier alpha value is -1.51. The summed E-state index contributed by atoms with van der Waals surface area (Å²) in [4.78, 5) is 13.4. The van der Waals surface area contributed by atoms with E-state index in [1.807, 2.05) is 12.1 Å². The Morgan fingerprint density at radius 1 is 1.25 bits per heavy atom. The molecule has 1 aromatic rings. The summed E-state index contributed by atoms with van der Waals surface area (Å²) >= 11 is 0. The molecule has 0 aliphatic heterocycles. The number of benzene rings is 1. The highest BCUT2D eigenvalue weighted by molar-refractivity contribution is 5.88. The topological polar surface area (TPSA) is 40.5 Å². The van der Waals surface area contributed by atoms with Crippen LogP contribution in [0, 0.1) is 5.92 Å². The number of carboxylic acids is 1. The highest BCUT2D eigenvalue weighted by Crippen LogP contribution is 2.29. The van der Waals surface area contributed by atoms with Crippen molar-refractivity contribution >= 4 is 11.7 Å². The van der Waals surface area contributed by atoms with Gasteiger partial charge in [-0.25, -0.2) is 4.79 Å². The van der Waals surface area contributed by atoms with Crippen LogP contribution in [0.3, 0.4) is 0 Å². The van der Waals surface area contributed by atoms with Crippen molar-refractivity contribution in [2.75, 3.05) is 11.4 Å². The van der Waals surface area contributed by atoms with Crippen LogP contribution < -0.4 is 4.90 Å². The number of hydrogen-bond acceptors (Lipinski definition) is 2. The first-order valence-electron chi connectivity index (χ1n) is 7.68. The molecule has 0 radical (unpaired) electrons. The lowest BCUT2D eigenvalue weighted by Crippen LogP contribution is -2.34. The summed E-state index contributed by atoms with van der Waals surface area (Å²) in [6, 6.07) is 7.98. The fraction of sp³-hybridized carbons (Fsp3) is 0.588. The van der Waals surface area contributed by atoms with E-state index >= 15 is 0 Å². The number of rotatable bonds is 6. The average Bonchev–Trinajstić information content (AvgIpc) is 2.93. The van der Waals surface area contributed by atoms with Crippen molar-refractivity contribution in [3.05, 3.63) is 29.8 Å². The number of carboxylic acid groups (broad SMARTS) is 1. The lowest BCUT2D eigenvalue weighted by atomic mass is 10.1. The van der Waals surface area contributed by atoms with Gasteiger partial charge in [0.1, 0.15) is 0 Å². The second kappa shape index (κ2) is 6.78. The molecule has 20 heavy (non-hydrogen) atoms. The summed E-state index contributed by atoms with van der Waals surface area (Å²) in [5.74, 6) is -0.164. The van der Waals surface area contributed by atoms with Gasteiger partial charge in [-0.3, -0.25) is 0 Å². The monoisotopic (exact) mass is 275 g/mol. The van der Waals surface area contributed by atoms with Crippen LogP contribution in [-0.2, 0) is 0 Å². The average molecular weight is 275 g/mol. The van der Waals surface area contributed by atoms with Crippen LogP contribution in [-0.4, -0.2) is 23.7 Å². The Labute approximate surface area is 121 Å². The molecule has 0 saturated heterocycles. The Bertz CT molecular complexity index is 433. The van der Waals surface area contributed by atoms with Gasteiger partial charge in [-0.2, -0.15) is 0 Å². The lowest BCUT2D eigenvalue weighted by Gasteiger charge is -2.32. The Morgan fingerprint density at radius 3 is 2.35 bits per heavy atom. The van der Waals surface area contributed by atoms with Crippen LogP contribution >= 0.6 is 0 Å². The summed E-state index contributed by atoms with van der Waals surface area (Å²) in [6.07, 6.45) is 6.33. The molecular formula is C17H25NO2. The van der Waals surface area contributed by atoms with E-state index in [-0.39, 0.29) is 0 Å². The van der Waals surface area contributed by atoms with E-state index in [2.05, 4.69) is 18.7 Å². The minimum Gasteiger partial charge on any atom is -0.478 e. The van der Waals surface area contributed by atoms with Crippen molar-refractivity contribution < 1.29 is 9.90 Å². The van der Waals surface area contributed by atoms with E-state index in [0.717, 1.165) is 6.54 Å². The minimum absolute atomic E-state index is 0.365. The van der Waals surface area contributed by atoms with E-state index in [0.29, 0.717) is 17.5 Å². The fourth-order valence-electron chi connectivity index (χ4n) is 2.93. The number of aromatic carboxylic acids is 1. The van der Waals surface area contributed by atoms with Crippen LogP contribution in [0.5, 0.6) is 0 Å². The summed E-state index contributed by atoms with van der Waals surface area (Å²) in [5.41, 5.74) is 1.53. The predicted octanol–water partition coefficient (Wildman–Crippen LogP) is 4.18. The molecule has 0 aromatic heterocycles. The Morgan fingerprint density at radius 2 is 1.85 bits per heavy atom. The molecule has 0 heterocycles. The third-order valence-electron chi connectivity index (χ3n) is 4.16. The van der Waals surface area contributed by atoms with Gasteiger partial charge in [0.2, 0.25) is 0 Å². The molecule has 1 saturated carbocycles. The quantitative estimate of drug-likeness (QED) is 0.846. The molecule has 3 heteroatoms. The lowest BCUT2D eigenvalue weighted by molar-refractivity contribution is 0.0697. The first kappa shape index (κ1) is 14.9. The number of nitrogens with zero attached hydrogens (tertiary/aromatic N) is 1. The van der Waals surface area contributed by atoms with E-state index < -0.39 is 5.97 Å². The maximum atomic E-state index is 10.9. The summed E-state index contributed by atoms with van der Waals surface area (Å²) in [5, 5.41) is 8.99. The smallest absolute Gasteiger partial charge is 0.335 e. The van der Waals surface area contributed by atoms with Gasteiger partial charge in [0, 0.05) is 18.3 Å². The van der Waals surface area contributed by atoms with E-state index in [1.54, 1.807) is 12.1 Å². The molecule has 1 aromatic carbocycles. The molecule has 0 spiro atoms. The molecule has 1 fully saturated rings.